The van der Waals surface area contributed by atoms with Crippen molar-refractivity contribution in [3.05, 3.63) is 41.7 Å². The van der Waals surface area contributed by atoms with Crippen LogP contribution in [0.2, 0.25) is 0 Å². The van der Waals surface area contributed by atoms with Crippen molar-refractivity contribution < 1.29 is 22.7 Å². The van der Waals surface area contributed by atoms with Crippen LogP contribution in [0.3, 0.4) is 0 Å². The zero-order valence-electron chi connectivity index (χ0n) is 14.0. The van der Waals surface area contributed by atoms with Crippen molar-refractivity contribution in [3.8, 4) is 5.69 Å². The smallest absolute Gasteiger partial charge is 0.374 e. The minimum Gasteiger partial charge on any atom is -0.374 e. The standard InChI is InChI=1S/C16H18F3N5O2/c1-23-6-7-26-11(9-23)8-20-15(25)13-10-24(22-21-13)14-5-3-2-4-12(14)16(17,18)19/h2-5,10-11H,6-9H2,1H3,(H,20,25)/t11-/m1/s1. The van der Waals surface area contributed by atoms with Crippen LogP contribution in [0, 0.1) is 0 Å². The molecule has 26 heavy (non-hydrogen) atoms. The number of nitrogens with zero attached hydrogens (tertiary/aromatic N) is 4. The number of benzene rings is 1. The molecule has 0 bridgehead atoms. The number of rotatable bonds is 4. The van der Waals surface area contributed by atoms with Crippen LogP contribution in [-0.2, 0) is 10.9 Å². The molecule has 7 nitrogen and oxygen atoms in total. The maximum atomic E-state index is 13.1. The van der Waals surface area contributed by atoms with E-state index in [1.54, 1.807) is 0 Å². The minimum atomic E-state index is -4.53. The van der Waals surface area contributed by atoms with Gasteiger partial charge in [-0.3, -0.25) is 4.79 Å². The molecule has 0 aliphatic carbocycles. The van der Waals surface area contributed by atoms with Crippen LogP contribution < -0.4 is 5.32 Å². The van der Waals surface area contributed by atoms with E-state index in [1.807, 2.05) is 7.05 Å². The van der Waals surface area contributed by atoms with E-state index in [2.05, 4.69) is 20.5 Å². The summed E-state index contributed by atoms with van der Waals surface area (Å²) in [4.78, 5) is 14.3. The molecule has 1 aliphatic rings. The second-order valence-corrected chi connectivity index (χ2v) is 6.03. The third-order valence-corrected chi connectivity index (χ3v) is 4.01. The lowest BCUT2D eigenvalue weighted by Crippen LogP contribution is -2.46. The van der Waals surface area contributed by atoms with Crippen LogP contribution in [0.1, 0.15) is 16.1 Å². The van der Waals surface area contributed by atoms with Gasteiger partial charge in [-0.2, -0.15) is 13.2 Å². The number of nitrogens with one attached hydrogen (secondary N) is 1. The molecule has 1 amide bonds. The summed E-state index contributed by atoms with van der Waals surface area (Å²) in [6, 6.07) is 4.97. The number of aromatic nitrogens is 3. The number of ether oxygens (including phenoxy) is 1. The molecule has 1 fully saturated rings. The number of morpholine rings is 1. The van der Waals surface area contributed by atoms with E-state index < -0.39 is 17.6 Å². The van der Waals surface area contributed by atoms with Crippen molar-refractivity contribution in [3.63, 3.8) is 0 Å². The number of carbonyl (C=O) groups excluding carboxylic acids is 1. The summed E-state index contributed by atoms with van der Waals surface area (Å²) in [7, 11) is 1.96. The SMILES string of the molecule is CN1CCO[C@H](CNC(=O)c2cn(-c3ccccc3C(F)(F)F)nn2)C1. The maximum Gasteiger partial charge on any atom is 0.418 e. The Balaban J connectivity index is 1.69. The Morgan fingerprint density at radius 2 is 2.15 bits per heavy atom. The fraction of sp³-hybridized carbons (Fsp3) is 0.438. The first kappa shape index (κ1) is 18.3. The molecule has 2 heterocycles. The Kier molecular flexibility index (Phi) is 5.23. The van der Waals surface area contributed by atoms with Crippen LogP contribution in [0.15, 0.2) is 30.5 Å². The molecule has 0 saturated carbocycles. The number of hydrogen-bond donors (Lipinski definition) is 1. The van der Waals surface area contributed by atoms with Crippen molar-refractivity contribution >= 4 is 5.91 Å². The van der Waals surface area contributed by atoms with Crippen LogP contribution in [-0.4, -0.2) is 65.2 Å². The van der Waals surface area contributed by atoms with Gasteiger partial charge in [0.1, 0.15) is 0 Å². The first-order chi connectivity index (χ1) is 12.3. The molecule has 1 aliphatic heterocycles. The number of carbonyl (C=O) groups is 1. The maximum absolute atomic E-state index is 13.1. The molecule has 1 N–H and O–H groups in total. The average molecular weight is 369 g/mol. The predicted octanol–water partition coefficient (Wildman–Crippen LogP) is 1.35. The molecule has 0 radical (unpaired) electrons. The van der Waals surface area contributed by atoms with E-state index >= 15 is 0 Å². The highest BCUT2D eigenvalue weighted by molar-refractivity contribution is 5.91. The van der Waals surface area contributed by atoms with Gasteiger partial charge in [-0.15, -0.1) is 5.10 Å². The molecular weight excluding hydrogens is 351 g/mol. The van der Waals surface area contributed by atoms with Gasteiger partial charge in [0.25, 0.3) is 5.91 Å². The van der Waals surface area contributed by atoms with E-state index in [0.29, 0.717) is 13.2 Å². The first-order valence-electron chi connectivity index (χ1n) is 8.02. The highest BCUT2D eigenvalue weighted by Crippen LogP contribution is 2.33. The molecule has 0 unspecified atom stereocenters. The lowest BCUT2D eigenvalue weighted by molar-refractivity contribution is -0.137. The molecule has 2 aromatic rings. The van der Waals surface area contributed by atoms with Gasteiger partial charge < -0.3 is 15.0 Å². The molecular formula is C16H18F3N5O2. The highest BCUT2D eigenvalue weighted by atomic mass is 19.4. The number of alkyl halides is 3. The zero-order valence-corrected chi connectivity index (χ0v) is 14.0. The van der Waals surface area contributed by atoms with Crippen molar-refractivity contribution in [2.24, 2.45) is 0 Å². The number of para-hydroxylation sites is 1. The molecule has 1 aromatic heterocycles. The van der Waals surface area contributed by atoms with E-state index in [1.165, 1.54) is 24.4 Å². The van der Waals surface area contributed by atoms with Crippen LogP contribution in [0.5, 0.6) is 0 Å². The van der Waals surface area contributed by atoms with Crippen molar-refractivity contribution in [1.29, 1.82) is 0 Å². The topological polar surface area (TPSA) is 72.3 Å². The number of halogens is 3. The lowest BCUT2D eigenvalue weighted by Gasteiger charge is -2.29. The van der Waals surface area contributed by atoms with Gasteiger partial charge in [0, 0.05) is 19.6 Å². The summed E-state index contributed by atoms with van der Waals surface area (Å²) in [5, 5.41) is 10.0. The number of likely N-dealkylation sites (N-methyl/N-ethyl adjacent to an activating group) is 1. The zero-order chi connectivity index (χ0) is 18.7. The van der Waals surface area contributed by atoms with E-state index in [4.69, 9.17) is 4.74 Å². The van der Waals surface area contributed by atoms with Crippen molar-refractivity contribution in [1.82, 2.24) is 25.2 Å². The van der Waals surface area contributed by atoms with Gasteiger partial charge in [0.15, 0.2) is 5.69 Å². The predicted molar refractivity (Wildman–Crippen MR) is 85.9 cm³/mol. The van der Waals surface area contributed by atoms with Gasteiger partial charge in [0.05, 0.1) is 30.2 Å². The highest BCUT2D eigenvalue weighted by Gasteiger charge is 2.34. The Hall–Kier alpha value is -2.46. The van der Waals surface area contributed by atoms with E-state index in [-0.39, 0.29) is 24.0 Å². The van der Waals surface area contributed by atoms with Gasteiger partial charge in [-0.1, -0.05) is 17.3 Å². The third-order valence-electron chi connectivity index (χ3n) is 4.01. The lowest BCUT2D eigenvalue weighted by atomic mass is 10.1. The third kappa shape index (κ3) is 4.20. The first-order valence-corrected chi connectivity index (χ1v) is 8.02. The van der Waals surface area contributed by atoms with Gasteiger partial charge >= 0.3 is 6.18 Å². The summed E-state index contributed by atoms with van der Waals surface area (Å²) in [5.41, 5.74) is -1.11. The fourth-order valence-corrected chi connectivity index (χ4v) is 2.69. The molecule has 140 valence electrons. The second-order valence-electron chi connectivity index (χ2n) is 6.03. The fourth-order valence-electron chi connectivity index (χ4n) is 2.69. The summed E-state index contributed by atoms with van der Waals surface area (Å²) < 4.78 is 45.8. The second kappa shape index (κ2) is 7.42. The molecule has 1 aromatic carbocycles. The van der Waals surface area contributed by atoms with E-state index in [0.717, 1.165) is 17.3 Å². The summed E-state index contributed by atoms with van der Waals surface area (Å²) in [5.74, 6) is -0.516. The molecule has 1 saturated heterocycles. The molecule has 1 atom stereocenters. The van der Waals surface area contributed by atoms with Crippen molar-refractivity contribution in [2.45, 2.75) is 12.3 Å². The Bertz CT molecular complexity index is 777. The average Bonchev–Trinajstić information content (AvgIpc) is 3.09. The largest absolute Gasteiger partial charge is 0.418 e. The van der Waals surface area contributed by atoms with Gasteiger partial charge in [-0.05, 0) is 19.2 Å². The molecule has 3 rings (SSSR count). The quantitative estimate of drug-likeness (QED) is 0.881. The van der Waals surface area contributed by atoms with Crippen molar-refractivity contribution in [2.75, 3.05) is 33.3 Å². The molecule has 10 heteroatoms. The Labute approximate surface area is 147 Å². The molecule has 0 spiro atoms. The monoisotopic (exact) mass is 369 g/mol. The minimum absolute atomic E-state index is 0.0638. The summed E-state index contributed by atoms with van der Waals surface area (Å²) >= 11 is 0. The Morgan fingerprint density at radius 1 is 1.38 bits per heavy atom. The van der Waals surface area contributed by atoms with Crippen LogP contribution in [0.4, 0.5) is 13.2 Å². The van der Waals surface area contributed by atoms with Gasteiger partial charge in [0.2, 0.25) is 0 Å². The van der Waals surface area contributed by atoms with Crippen LogP contribution >= 0.6 is 0 Å². The van der Waals surface area contributed by atoms with Gasteiger partial charge in [-0.25, -0.2) is 4.68 Å². The Morgan fingerprint density at radius 3 is 2.88 bits per heavy atom. The number of amides is 1. The van der Waals surface area contributed by atoms with E-state index in [9.17, 15) is 18.0 Å². The summed E-state index contributed by atoms with van der Waals surface area (Å²) in [6.07, 6.45) is -3.50. The number of hydrogen-bond acceptors (Lipinski definition) is 5. The summed E-state index contributed by atoms with van der Waals surface area (Å²) in [6.45, 7) is 2.39. The normalized spacial score (nSPS) is 18.7. The van der Waals surface area contributed by atoms with Crippen LogP contribution in [0.25, 0.3) is 5.69 Å².